The number of aliphatic hydroxyl groups is 1. The molecule has 7 nitrogen and oxygen atoms in total. The first kappa shape index (κ1) is 13.7. The van der Waals surface area contributed by atoms with Crippen LogP contribution in [0.2, 0.25) is 0 Å². The summed E-state index contributed by atoms with van der Waals surface area (Å²) < 4.78 is 1.49. The molecule has 0 unspecified atom stereocenters. The molecule has 2 heterocycles. The molecule has 2 aromatic heterocycles. The van der Waals surface area contributed by atoms with E-state index in [4.69, 9.17) is 0 Å². The first-order valence-corrected chi connectivity index (χ1v) is 6.89. The van der Waals surface area contributed by atoms with Gasteiger partial charge in [0, 0.05) is 18.0 Å². The Labute approximate surface area is 121 Å². The number of aromatic carboxylic acids is 1. The van der Waals surface area contributed by atoms with Crippen molar-refractivity contribution in [3.8, 4) is 11.3 Å². The number of carbonyl (C=O) groups is 1. The highest BCUT2D eigenvalue weighted by atomic mass is 16.4. The zero-order valence-corrected chi connectivity index (χ0v) is 11.4. The maximum absolute atomic E-state index is 11.3. The molecule has 1 aliphatic rings. The quantitative estimate of drug-likeness (QED) is 0.880. The fraction of sp³-hybridized carbons (Fsp3) is 0.429. The monoisotopic (exact) mass is 288 g/mol. The summed E-state index contributed by atoms with van der Waals surface area (Å²) in [4.78, 5) is 15.3. The topological polar surface area (TPSA) is 101 Å². The molecule has 1 aliphatic carbocycles. The van der Waals surface area contributed by atoms with E-state index < -0.39 is 11.6 Å². The van der Waals surface area contributed by atoms with E-state index >= 15 is 0 Å². The molecule has 0 saturated heterocycles. The number of hydrogen-bond acceptors (Lipinski definition) is 5. The van der Waals surface area contributed by atoms with Gasteiger partial charge in [-0.05, 0) is 25.0 Å². The minimum absolute atomic E-state index is 0.109. The predicted molar refractivity (Wildman–Crippen MR) is 73.6 cm³/mol. The summed E-state index contributed by atoms with van der Waals surface area (Å²) >= 11 is 0. The van der Waals surface area contributed by atoms with Crippen molar-refractivity contribution in [3.05, 3.63) is 30.2 Å². The summed E-state index contributed by atoms with van der Waals surface area (Å²) in [5.41, 5.74) is 0.146. The number of pyridine rings is 1. The molecule has 21 heavy (non-hydrogen) atoms. The zero-order chi connectivity index (χ0) is 14.9. The Hall–Kier alpha value is -2.28. The summed E-state index contributed by atoms with van der Waals surface area (Å²) in [5, 5.41) is 27.5. The Bertz CT molecular complexity index is 647. The minimum Gasteiger partial charge on any atom is -0.476 e. The molecule has 2 N–H and O–H groups in total. The van der Waals surface area contributed by atoms with Gasteiger partial charge in [0.25, 0.3) is 0 Å². The van der Waals surface area contributed by atoms with Crippen LogP contribution < -0.4 is 0 Å². The van der Waals surface area contributed by atoms with Crippen LogP contribution in [-0.2, 0) is 6.54 Å². The van der Waals surface area contributed by atoms with E-state index in [-0.39, 0.29) is 12.2 Å². The van der Waals surface area contributed by atoms with Crippen molar-refractivity contribution in [1.29, 1.82) is 0 Å². The number of rotatable bonds is 4. The average Bonchev–Trinajstić information content (AvgIpc) is 3.07. The fourth-order valence-corrected chi connectivity index (χ4v) is 2.83. The van der Waals surface area contributed by atoms with E-state index in [0.29, 0.717) is 24.1 Å². The summed E-state index contributed by atoms with van der Waals surface area (Å²) in [5.74, 6) is -1.13. The van der Waals surface area contributed by atoms with Crippen molar-refractivity contribution < 1.29 is 15.0 Å². The van der Waals surface area contributed by atoms with Gasteiger partial charge in [0.05, 0.1) is 12.1 Å². The van der Waals surface area contributed by atoms with Crippen molar-refractivity contribution in [3.63, 3.8) is 0 Å². The van der Waals surface area contributed by atoms with Gasteiger partial charge in [0.2, 0.25) is 0 Å². The third kappa shape index (κ3) is 2.64. The van der Waals surface area contributed by atoms with Crippen molar-refractivity contribution in [2.45, 2.75) is 37.8 Å². The Morgan fingerprint density at radius 1 is 1.29 bits per heavy atom. The van der Waals surface area contributed by atoms with Crippen LogP contribution in [0.25, 0.3) is 11.3 Å². The lowest BCUT2D eigenvalue weighted by atomic mass is 10.0. The van der Waals surface area contributed by atoms with Crippen LogP contribution in [0, 0.1) is 0 Å². The van der Waals surface area contributed by atoms with E-state index in [0.717, 1.165) is 12.8 Å². The lowest BCUT2D eigenvalue weighted by Crippen LogP contribution is -2.31. The normalized spacial score (nSPS) is 17.0. The predicted octanol–water partition coefficient (Wildman–Crippen LogP) is 1.34. The van der Waals surface area contributed by atoms with Gasteiger partial charge in [-0.25, -0.2) is 9.48 Å². The van der Waals surface area contributed by atoms with Crippen molar-refractivity contribution in [2.24, 2.45) is 0 Å². The van der Waals surface area contributed by atoms with E-state index in [1.54, 1.807) is 24.5 Å². The SMILES string of the molecule is O=C(O)c1nnn(CC2(O)CCCC2)c1-c1ccncc1. The van der Waals surface area contributed by atoms with Crippen LogP contribution in [0.3, 0.4) is 0 Å². The summed E-state index contributed by atoms with van der Waals surface area (Å²) in [6.07, 6.45) is 6.52. The molecule has 1 saturated carbocycles. The van der Waals surface area contributed by atoms with Crippen LogP contribution in [0.15, 0.2) is 24.5 Å². The molecular weight excluding hydrogens is 272 g/mol. The van der Waals surface area contributed by atoms with E-state index in [1.165, 1.54) is 4.68 Å². The maximum Gasteiger partial charge on any atom is 0.358 e. The van der Waals surface area contributed by atoms with Gasteiger partial charge in [-0.1, -0.05) is 18.1 Å². The van der Waals surface area contributed by atoms with Gasteiger partial charge < -0.3 is 10.2 Å². The highest BCUT2D eigenvalue weighted by Crippen LogP contribution is 2.32. The molecule has 110 valence electrons. The van der Waals surface area contributed by atoms with Crippen LogP contribution >= 0.6 is 0 Å². The second kappa shape index (κ2) is 5.25. The fourth-order valence-electron chi connectivity index (χ4n) is 2.83. The number of aromatic nitrogens is 4. The number of nitrogens with zero attached hydrogens (tertiary/aromatic N) is 4. The minimum atomic E-state index is -1.13. The molecule has 0 aromatic carbocycles. The molecule has 0 bridgehead atoms. The third-order valence-electron chi connectivity index (χ3n) is 3.87. The zero-order valence-electron chi connectivity index (χ0n) is 11.4. The molecule has 7 heteroatoms. The second-order valence-electron chi connectivity index (χ2n) is 5.42. The van der Waals surface area contributed by atoms with Gasteiger partial charge in [-0.3, -0.25) is 4.98 Å². The molecular formula is C14H16N4O3. The van der Waals surface area contributed by atoms with E-state index in [2.05, 4.69) is 15.3 Å². The van der Waals surface area contributed by atoms with Gasteiger partial charge >= 0.3 is 5.97 Å². The molecule has 0 radical (unpaired) electrons. The summed E-state index contributed by atoms with van der Waals surface area (Å²) in [6.45, 7) is 0.255. The molecule has 0 aliphatic heterocycles. The summed E-state index contributed by atoms with van der Waals surface area (Å²) in [7, 11) is 0. The summed E-state index contributed by atoms with van der Waals surface area (Å²) in [6, 6.07) is 3.42. The van der Waals surface area contributed by atoms with Gasteiger partial charge in [0.15, 0.2) is 5.69 Å². The largest absolute Gasteiger partial charge is 0.476 e. The standard InChI is InChI=1S/C14H16N4O3/c19-13(20)11-12(10-3-7-15-8-4-10)18(17-16-11)9-14(21)5-1-2-6-14/h3-4,7-8,21H,1-2,5-6,9H2,(H,19,20). The second-order valence-corrected chi connectivity index (χ2v) is 5.42. The Balaban J connectivity index is 2.03. The molecule has 0 amide bonds. The number of hydrogen-bond donors (Lipinski definition) is 2. The highest BCUT2D eigenvalue weighted by molar-refractivity contribution is 5.92. The molecule has 2 aromatic rings. The lowest BCUT2D eigenvalue weighted by molar-refractivity contribution is 0.0264. The Kier molecular flexibility index (Phi) is 3.42. The first-order valence-electron chi connectivity index (χ1n) is 6.89. The van der Waals surface area contributed by atoms with Gasteiger partial charge in [-0.15, -0.1) is 5.10 Å². The van der Waals surface area contributed by atoms with Gasteiger partial charge in [0.1, 0.15) is 5.69 Å². The molecule has 0 spiro atoms. The van der Waals surface area contributed by atoms with E-state index in [9.17, 15) is 15.0 Å². The first-order chi connectivity index (χ1) is 10.1. The maximum atomic E-state index is 11.3. The lowest BCUT2D eigenvalue weighted by Gasteiger charge is -2.22. The van der Waals surface area contributed by atoms with Crippen LogP contribution in [-0.4, -0.2) is 41.8 Å². The van der Waals surface area contributed by atoms with Crippen molar-refractivity contribution in [2.75, 3.05) is 0 Å². The van der Waals surface area contributed by atoms with Crippen LogP contribution in [0.4, 0.5) is 0 Å². The molecule has 0 atom stereocenters. The smallest absolute Gasteiger partial charge is 0.358 e. The highest BCUT2D eigenvalue weighted by Gasteiger charge is 2.34. The Morgan fingerprint density at radius 3 is 2.57 bits per heavy atom. The number of carboxylic acids is 1. The molecule has 3 rings (SSSR count). The number of carboxylic acid groups (broad SMARTS) is 1. The van der Waals surface area contributed by atoms with Crippen molar-refractivity contribution >= 4 is 5.97 Å². The van der Waals surface area contributed by atoms with Gasteiger partial charge in [-0.2, -0.15) is 0 Å². The van der Waals surface area contributed by atoms with Crippen molar-refractivity contribution in [1.82, 2.24) is 20.0 Å². The van der Waals surface area contributed by atoms with E-state index in [1.807, 2.05) is 0 Å². The van der Waals surface area contributed by atoms with Crippen LogP contribution in [0.1, 0.15) is 36.2 Å². The van der Waals surface area contributed by atoms with Crippen LogP contribution in [0.5, 0.6) is 0 Å². The average molecular weight is 288 g/mol. The molecule has 1 fully saturated rings. The Morgan fingerprint density at radius 2 is 1.95 bits per heavy atom. The third-order valence-corrected chi connectivity index (χ3v) is 3.87.